The minimum Gasteiger partial charge on any atom is -0.348 e. The maximum atomic E-state index is 13.4. The average Bonchev–Trinajstić information content (AvgIpc) is 3.12. The molecule has 0 fully saturated rings. The Bertz CT molecular complexity index is 938. The van der Waals surface area contributed by atoms with Crippen molar-refractivity contribution in [2.24, 2.45) is 0 Å². The number of aromatic nitrogens is 1. The first-order chi connectivity index (χ1) is 12.6. The smallest absolute Gasteiger partial charge is 0.174 e. The van der Waals surface area contributed by atoms with Crippen LogP contribution in [0.4, 0.5) is 10.1 Å². The molecule has 4 rings (SSSR count). The molecular formula is C20H17ClFN3S. The number of halogens is 2. The Kier molecular flexibility index (Phi) is 4.66. The highest BCUT2D eigenvalue weighted by Gasteiger charge is 2.30. The van der Waals surface area contributed by atoms with Gasteiger partial charge in [0.2, 0.25) is 0 Å². The fourth-order valence-corrected chi connectivity index (χ4v) is 3.84. The summed E-state index contributed by atoms with van der Waals surface area (Å²) < 4.78 is 15.6. The summed E-state index contributed by atoms with van der Waals surface area (Å²) in [6, 6.07) is 18.1. The second-order valence-electron chi connectivity index (χ2n) is 6.18. The van der Waals surface area contributed by atoms with Gasteiger partial charge in [-0.25, -0.2) is 4.39 Å². The van der Waals surface area contributed by atoms with E-state index in [1.807, 2.05) is 42.5 Å². The van der Waals surface area contributed by atoms with Crippen LogP contribution >= 0.6 is 23.8 Å². The highest BCUT2D eigenvalue weighted by Crippen LogP contribution is 2.33. The van der Waals surface area contributed by atoms with E-state index in [0.717, 1.165) is 30.0 Å². The molecule has 0 unspecified atom stereocenters. The van der Waals surface area contributed by atoms with E-state index in [-0.39, 0.29) is 11.9 Å². The highest BCUT2D eigenvalue weighted by atomic mass is 35.5. The number of fused-ring (bicyclic) bond motifs is 1. The summed E-state index contributed by atoms with van der Waals surface area (Å²) in [6.45, 7) is 1.59. The van der Waals surface area contributed by atoms with Crippen LogP contribution in [0.15, 0.2) is 66.9 Å². The lowest BCUT2D eigenvalue weighted by atomic mass is 10.0. The third-order valence-corrected chi connectivity index (χ3v) is 5.27. The first-order valence-electron chi connectivity index (χ1n) is 8.36. The van der Waals surface area contributed by atoms with Gasteiger partial charge in [-0.3, -0.25) is 0 Å². The van der Waals surface area contributed by atoms with Crippen LogP contribution in [0.3, 0.4) is 0 Å². The van der Waals surface area contributed by atoms with E-state index < -0.39 is 0 Å². The van der Waals surface area contributed by atoms with E-state index in [4.69, 9.17) is 23.8 Å². The first kappa shape index (κ1) is 17.1. The van der Waals surface area contributed by atoms with Gasteiger partial charge in [-0.15, -0.1) is 0 Å². The molecule has 132 valence electrons. The molecule has 26 heavy (non-hydrogen) atoms. The van der Waals surface area contributed by atoms with Gasteiger partial charge in [-0.05, 0) is 54.2 Å². The Hall–Kier alpha value is -2.37. The molecule has 0 saturated heterocycles. The number of para-hydroxylation sites is 1. The largest absolute Gasteiger partial charge is 0.348 e. The molecule has 1 aliphatic rings. The highest BCUT2D eigenvalue weighted by molar-refractivity contribution is 7.80. The van der Waals surface area contributed by atoms with Crippen LogP contribution in [0.5, 0.6) is 0 Å². The maximum absolute atomic E-state index is 13.4. The summed E-state index contributed by atoms with van der Waals surface area (Å²) >= 11 is 11.9. The lowest BCUT2D eigenvalue weighted by molar-refractivity contribution is 0.293. The quantitative estimate of drug-likeness (QED) is 0.621. The summed E-state index contributed by atoms with van der Waals surface area (Å²) in [7, 11) is 0. The fraction of sp³-hybridized carbons (Fsp3) is 0.150. The Labute approximate surface area is 162 Å². The van der Waals surface area contributed by atoms with Crippen molar-refractivity contribution in [3.63, 3.8) is 0 Å². The number of nitrogens with zero attached hydrogens (tertiary/aromatic N) is 2. The van der Waals surface area contributed by atoms with Gasteiger partial charge in [0.15, 0.2) is 5.11 Å². The number of hydrogen-bond donors (Lipinski definition) is 1. The number of anilines is 1. The van der Waals surface area contributed by atoms with Crippen molar-refractivity contribution in [2.45, 2.75) is 12.6 Å². The zero-order valence-corrected chi connectivity index (χ0v) is 15.5. The summed E-state index contributed by atoms with van der Waals surface area (Å²) in [4.78, 5) is 2.13. The van der Waals surface area contributed by atoms with Crippen LogP contribution in [0.1, 0.15) is 17.3 Å². The Balaban J connectivity index is 1.68. The van der Waals surface area contributed by atoms with Crippen molar-refractivity contribution >= 4 is 34.6 Å². The minimum atomic E-state index is -0.247. The normalized spacial score (nSPS) is 16.2. The molecule has 0 bridgehead atoms. The molecule has 1 N–H and O–H groups in total. The van der Waals surface area contributed by atoms with E-state index >= 15 is 0 Å². The predicted molar refractivity (Wildman–Crippen MR) is 107 cm³/mol. The van der Waals surface area contributed by atoms with Crippen LogP contribution in [0.25, 0.3) is 0 Å². The fourth-order valence-electron chi connectivity index (χ4n) is 3.35. The lowest BCUT2D eigenvalue weighted by Gasteiger charge is -2.39. The van der Waals surface area contributed by atoms with Crippen LogP contribution in [0, 0.1) is 5.82 Å². The number of rotatable bonds is 2. The van der Waals surface area contributed by atoms with E-state index in [1.54, 1.807) is 0 Å². The van der Waals surface area contributed by atoms with Crippen molar-refractivity contribution < 1.29 is 4.39 Å². The number of hydrogen-bond acceptors (Lipinski definition) is 1. The Morgan fingerprint density at radius 1 is 1.04 bits per heavy atom. The lowest BCUT2D eigenvalue weighted by Crippen LogP contribution is -2.44. The van der Waals surface area contributed by atoms with Crippen LogP contribution in [0.2, 0.25) is 5.02 Å². The van der Waals surface area contributed by atoms with Gasteiger partial charge in [-0.2, -0.15) is 0 Å². The third kappa shape index (κ3) is 3.20. The number of nitrogens with one attached hydrogen (secondary N) is 1. The maximum Gasteiger partial charge on any atom is 0.174 e. The number of thiocarbonyl (C=S) groups is 1. The zero-order chi connectivity index (χ0) is 18.1. The van der Waals surface area contributed by atoms with Crippen molar-refractivity contribution in [1.82, 2.24) is 9.47 Å². The second kappa shape index (κ2) is 7.09. The molecule has 3 aromatic rings. The molecule has 6 heteroatoms. The first-order valence-corrected chi connectivity index (χ1v) is 9.15. The third-order valence-electron chi connectivity index (χ3n) is 4.60. The van der Waals surface area contributed by atoms with Crippen LogP contribution in [-0.4, -0.2) is 21.1 Å². The minimum absolute atomic E-state index is 0.0816. The van der Waals surface area contributed by atoms with Gasteiger partial charge in [0, 0.05) is 25.0 Å². The van der Waals surface area contributed by atoms with Gasteiger partial charge in [0.1, 0.15) is 5.82 Å². The van der Waals surface area contributed by atoms with E-state index in [9.17, 15) is 4.39 Å². The molecule has 3 nitrogen and oxygen atoms in total. The monoisotopic (exact) mass is 385 g/mol. The van der Waals surface area contributed by atoms with Crippen LogP contribution < -0.4 is 5.32 Å². The second-order valence-corrected chi connectivity index (χ2v) is 6.98. The van der Waals surface area contributed by atoms with Gasteiger partial charge in [0.25, 0.3) is 0 Å². The molecular weight excluding hydrogens is 369 g/mol. The molecule has 1 atom stereocenters. The van der Waals surface area contributed by atoms with Gasteiger partial charge in [-0.1, -0.05) is 35.9 Å². The van der Waals surface area contributed by atoms with E-state index in [2.05, 4.69) is 27.0 Å². The molecule has 1 aliphatic heterocycles. The van der Waals surface area contributed by atoms with Crippen molar-refractivity contribution in [3.05, 3.63) is 89.0 Å². The Morgan fingerprint density at radius 3 is 2.58 bits per heavy atom. The molecule has 0 radical (unpaired) electrons. The molecule has 2 heterocycles. The molecule has 0 saturated carbocycles. The zero-order valence-electron chi connectivity index (χ0n) is 13.9. The average molecular weight is 386 g/mol. The van der Waals surface area contributed by atoms with Crippen molar-refractivity contribution in [1.29, 1.82) is 0 Å². The van der Waals surface area contributed by atoms with Crippen molar-refractivity contribution in [2.75, 3.05) is 11.9 Å². The standard InChI is InChI=1S/C20H17ClFN3S/c21-16-4-1-2-5-17(16)23-20(26)25-13-12-24-11-3-6-18(24)19(25)14-7-9-15(22)10-8-14/h1-11,19H,12-13H2,(H,23,26)/t19-/m0/s1. The summed E-state index contributed by atoms with van der Waals surface area (Å²) in [5.74, 6) is -0.247. The summed E-state index contributed by atoms with van der Waals surface area (Å²) in [5.41, 5.74) is 2.90. The van der Waals surface area contributed by atoms with Crippen molar-refractivity contribution in [3.8, 4) is 0 Å². The summed E-state index contributed by atoms with van der Waals surface area (Å²) in [6.07, 6.45) is 2.06. The van der Waals surface area contributed by atoms with Gasteiger partial charge in [0.05, 0.1) is 16.8 Å². The van der Waals surface area contributed by atoms with E-state index in [0.29, 0.717) is 10.1 Å². The molecule has 0 amide bonds. The number of benzene rings is 2. The predicted octanol–water partition coefficient (Wildman–Crippen LogP) is 5.08. The molecule has 2 aromatic carbocycles. The van der Waals surface area contributed by atoms with Gasteiger partial charge < -0.3 is 14.8 Å². The SMILES string of the molecule is Fc1ccc([C@H]2c3cccn3CCN2C(=S)Nc2ccccc2Cl)cc1. The molecule has 1 aromatic heterocycles. The van der Waals surface area contributed by atoms with E-state index in [1.165, 1.54) is 12.1 Å². The van der Waals surface area contributed by atoms with Crippen LogP contribution in [-0.2, 0) is 6.54 Å². The molecule has 0 spiro atoms. The molecule has 0 aliphatic carbocycles. The Morgan fingerprint density at radius 2 is 1.81 bits per heavy atom. The summed E-state index contributed by atoms with van der Waals surface area (Å²) in [5, 5.41) is 4.47. The van der Waals surface area contributed by atoms with Gasteiger partial charge >= 0.3 is 0 Å². The topological polar surface area (TPSA) is 20.2 Å².